The lowest BCUT2D eigenvalue weighted by Crippen LogP contribution is -2.20. The predicted molar refractivity (Wildman–Crippen MR) is 80.5 cm³/mol. The average Bonchev–Trinajstić information content (AvgIpc) is 2.98. The van der Waals surface area contributed by atoms with Crippen molar-refractivity contribution in [2.24, 2.45) is 0 Å². The van der Waals surface area contributed by atoms with Gasteiger partial charge in [-0.3, -0.25) is 14.9 Å². The van der Waals surface area contributed by atoms with Crippen LogP contribution in [0.5, 0.6) is 0 Å². The van der Waals surface area contributed by atoms with Gasteiger partial charge in [-0.05, 0) is 30.7 Å². The van der Waals surface area contributed by atoms with Crippen molar-refractivity contribution < 1.29 is 23.7 Å². The van der Waals surface area contributed by atoms with Crippen LogP contribution < -0.4 is 5.32 Å². The molecule has 0 spiro atoms. The maximum Gasteiger partial charge on any atom is 0.433 e. The number of rotatable bonds is 5. The maximum atomic E-state index is 11.7. The molecular formula is C14H11ClN2O6. The lowest BCUT2D eigenvalue weighted by atomic mass is 10.2. The highest BCUT2D eigenvalue weighted by Gasteiger charge is 2.19. The summed E-state index contributed by atoms with van der Waals surface area (Å²) in [6.07, 6.45) is 0. The minimum Gasteiger partial charge on any atom is -0.450 e. The molecule has 0 radical (unpaired) electrons. The number of aryl methyl sites for hydroxylation is 1. The van der Waals surface area contributed by atoms with Crippen molar-refractivity contribution in [1.29, 1.82) is 0 Å². The SMILES string of the molecule is Cc1ccc(NC(=O)COC(=O)c2ccc([N+](=O)[O-])o2)c(Cl)c1. The predicted octanol–water partition coefficient (Wildman–Crippen LogP) is 2.95. The number of halogens is 1. The molecule has 1 aromatic heterocycles. The molecule has 1 heterocycles. The fourth-order valence-corrected chi connectivity index (χ4v) is 1.93. The van der Waals surface area contributed by atoms with E-state index in [1.807, 2.05) is 6.92 Å². The molecule has 0 aliphatic heterocycles. The Morgan fingerprint density at radius 2 is 2.09 bits per heavy atom. The van der Waals surface area contributed by atoms with Crippen molar-refractivity contribution in [3.8, 4) is 0 Å². The number of nitrogens with one attached hydrogen (secondary N) is 1. The van der Waals surface area contributed by atoms with Crippen LogP contribution in [0.1, 0.15) is 16.1 Å². The molecule has 23 heavy (non-hydrogen) atoms. The molecule has 9 heteroatoms. The fraction of sp³-hybridized carbons (Fsp3) is 0.143. The van der Waals surface area contributed by atoms with Crippen molar-refractivity contribution in [3.05, 3.63) is 56.8 Å². The molecule has 1 aromatic carbocycles. The molecule has 0 saturated heterocycles. The van der Waals surface area contributed by atoms with Crippen LogP contribution in [0.25, 0.3) is 0 Å². The molecule has 1 N–H and O–H groups in total. The Kier molecular flexibility index (Phi) is 4.97. The summed E-state index contributed by atoms with van der Waals surface area (Å²) in [7, 11) is 0. The van der Waals surface area contributed by atoms with Crippen LogP contribution in [0.3, 0.4) is 0 Å². The van der Waals surface area contributed by atoms with Gasteiger partial charge in [0.15, 0.2) is 6.61 Å². The summed E-state index contributed by atoms with van der Waals surface area (Å²) in [5.41, 5.74) is 1.31. The first-order valence-corrected chi connectivity index (χ1v) is 6.72. The van der Waals surface area contributed by atoms with E-state index in [9.17, 15) is 19.7 Å². The van der Waals surface area contributed by atoms with Crippen molar-refractivity contribution >= 4 is 35.0 Å². The first-order valence-electron chi connectivity index (χ1n) is 6.34. The second-order valence-electron chi connectivity index (χ2n) is 4.50. The Balaban J connectivity index is 1.90. The number of esters is 1. The summed E-state index contributed by atoms with van der Waals surface area (Å²) in [6.45, 7) is 1.26. The highest BCUT2D eigenvalue weighted by Crippen LogP contribution is 2.22. The average molecular weight is 339 g/mol. The highest BCUT2D eigenvalue weighted by molar-refractivity contribution is 6.33. The van der Waals surface area contributed by atoms with Gasteiger partial charge in [-0.25, -0.2) is 4.79 Å². The van der Waals surface area contributed by atoms with E-state index >= 15 is 0 Å². The lowest BCUT2D eigenvalue weighted by molar-refractivity contribution is -0.402. The quantitative estimate of drug-likeness (QED) is 0.509. The zero-order valence-corrected chi connectivity index (χ0v) is 12.6. The van der Waals surface area contributed by atoms with Gasteiger partial charge in [-0.15, -0.1) is 0 Å². The standard InChI is InChI=1S/C14H11ClN2O6/c1-8-2-3-10(9(15)6-8)16-12(18)7-22-14(19)11-4-5-13(23-11)17(20)21/h2-6H,7H2,1H3,(H,16,18). The first kappa shape index (κ1) is 16.5. The Labute approximate surface area is 135 Å². The lowest BCUT2D eigenvalue weighted by Gasteiger charge is -2.08. The number of hydrogen-bond donors (Lipinski definition) is 1. The summed E-state index contributed by atoms with van der Waals surface area (Å²) in [4.78, 5) is 33.0. The van der Waals surface area contributed by atoms with Crippen LogP contribution in [0.4, 0.5) is 11.6 Å². The molecule has 0 bridgehead atoms. The van der Waals surface area contributed by atoms with Crippen molar-refractivity contribution in [1.82, 2.24) is 0 Å². The molecule has 120 valence electrons. The number of carbonyl (C=O) groups excluding carboxylic acids is 2. The van der Waals surface area contributed by atoms with E-state index in [2.05, 4.69) is 9.73 Å². The minimum absolute atomic E-state index is 0.353. The van der Waals surface area contributed by atoms with Gasteiger partial charge in [0, 0.05) is 0 Å². The van der Waals surface area contributed by atoms with Crippen molar-refractivity contribution in [2.75, 3.05) is 11.9 Å². The van der Waals surface area contributed by atoms with E-state index in [0.717, 1.165) is 17.7 Å². The van der Waals surface area contributed by atoms with Crippen LogP contribution in [-0.2, 0) is 9.53 Å². The van der Waals surface area contributed by atoms with E-state index in [0.29, 0.717) is 10.7 Å². The largest absolute Gasteiger partial charge is 0.450 e. The van der Waals surface area contributed by atoms with Crippen molar-refractivity contribution in [2.45, 2.75) is 6.92 Å². The third kappa shape index (κ3) is 4.30. The molecule has 2 aromatic rings. The third-order valence-electron chi connectivity index (χ3n) is 2.71. The van der Waals surface area contributed by atoms with Crippen LogP contribution in [-0.4, -0.2) is 23.4 Å². The summed E-state index contributed by atoms with van der Waals surface area (Å²) in [5.74, 6) is -2.54. The molecule has 0 saturated carbocycles. The number of furan rings is 1. The van der Waals surface area contributed by atoms with Gasteiger partial charge in [0.05, 0.1) is 16.8 Å². The molecule has 2 rings (SSSR count). The van der Waals surface area contributed by atoms with E-state index in [4.69, 9.17) is 16.3 Å². The maximum absolute atomic E-state index is 11.7. The van der Waals surface area contributed by atoms with Gasteiger partial charge >= 0.3 is 11.9 Å². The number of anilines is 1. The summed E-state index contributed by atoms with van der Waals surface area (Å²) >= 11 is 5.96. The molecule has 1 amide bonds. The van der Waals surface area contributed by atoms with Gasteiger partial charge in [0.2, 0.25) is 5.76 Å². The number of hydrogen-bond acceptors (Lipinski definition) is 6. The minimum atomic E-state index is -0.983. The van der Waals surface area contributed by atoms with Crippen LogP contribution >= 0.6 is 11.6 Å². The summed E-state index contributed by atoms with van der Waals surface area (Å²) in [6, 6.07) is 7.16. The van der Waals surface area contributed by atoms with Crippen LogP contribution in [0.2, 0.25) is 5.02 Å². The second kappa shape index (κ2) is 6.93. The van der Waals surface area contributed by atoms with Gasteiger partial charge < -0.3 is 14.5 Å². The zero-order chi connectivity index (χ0) is 17.0. The molecule has 8 nitrogen and oxygen atoms in total. The molecule has 0 atom stereocenters. The van der Waals surface area contributed by atoms with Crippen LogP contribution in [0.15, 0.2) is 34.7 Å². The Bertz CT molecular complexity index is 770. The third-order valence-corrected chi connectivity index (χ3v) is 3.02. The summed E-state index contributed by atoms with van der Waals surface area (Å²) in [5, 5.41) is 13.3. The molecule has 0 unspecified atom stereocenters. The van der Waals surface area contributed by atoms with E-state index in [1.54, 1.807) is 18.2 Å². The number of ether oxygens (including phenoxy) is 1. The Morgan fingerprint density at radius 1 is 1.35 bits per heavy atom. The number of benzene rings is 1. The Hall–Kier alpha value is -2.87. The summed E-state index contributed by atoms with van der Waals surface area (Å²) < 4.78 is 9.37. The monoisotopic (exact) mass is 338 g/mol. The van der Waals surface area contributed by atoms with E-state index in [1.165, 1.54) is 0 Å². The normalized spacial score (nSPS) is 10.2. The fourth-order valence-electron chi connectivity index (χ4n) is 1.65. The Morgan fingerprint density at radius 3 is 2.70 bits per heavy atom. The first-order chi connectivity index (χ1) is 10.9. The van der Waals surface area contributed by atoms with Gasteiger partial charge in [0.25, 0.3) is 5.91 Å². The van der Waals surface area contributed by atoms with Gasteiger partial charge in [-0.2, -0.15) is 0 Å². The van der Waals surface area contributed by atoms with Gasteiger partial charge in [0.1, 0.15) is 4.92 Å². The van der Waals surface area contributed by atoms with Gasteiger partial charge in [-0.1, -0.05) is 17.7 Å². The highest BCUT2D eigenvalue weighted by atomic mass is 35.5. The van der Waals surface area contributed by atoms with E-state index in [-0.39, 0.29) is 5.76 Å². The molecule has 0 aliphatic carbocycles. The van der Waals surface area contributed by atoms with Crippen molar-refractivity contribution in [3.63, 3.8) is 0 Å². The topological polar surface area (TPSA) is 112 Å². The molecule has 0 aliphatic rings. The molecule has 0 fully saturated rings. The number of nitrogens with zero attached hydrogens (tertiary/aromatic N) is 1. The van der Waals surface area contributed by atoms with E-state index < -0.39 is 29.3 Å². The van der Waals surface area contributed by atoms with Crippen LogP contribution in [0, 0.1) is 17.0 Å². The molecular weight excluding hydrogens is 328 g/mol. The second-order valence-corrected chi connectivity index (χ2v) is 4.91. The zero-order valence-electron chi connectivity index (χ0n) is 11.9. The number of nitro groups is 1. The smallest absolute Gasteiger partial charge is 0.433 e. The number of amides is 1. The number of carbonyl (C=O) groups is 2.